The molecule has 1 aromatic rings. The van der Waals surface area contributed by atoms with Crippen LogP contribution >= 0.6 is 11.3 Å². The van der Waals surface area contributed by atoms with Crippen molar-refractivity contribution in [2.45, 2.75) is 52.5 Å². The average Bonchev–Trinajstić information content (AvgIpc) is 2.73. The molecule has 2 heteroatoms. The summed E-state index contributed by atoms with van der Waals surface area (Å²) in [6.07, 6.45) is 5.26. The lowest BCUT2D eigenvalue weighted by Crippen LogP contribution is -2.42. The summed E-state index contributed by atoms with van der Waals surface area (Å²) in [5, 5.41) is 5.92. The van der Waals surface area contributed by atoms with Crippen molar-refractivity contribution in [1.82, 2.24) is 5.32 Å². The molecule has 1 saturated carbocycles. The molecular formula is C15H25NS. The van der Waals surface area contributed by atoms with E-state index in [4.69, 9.17) is 0 Å². The maximum Gasteiger partial charge on any atom is 0.00932 e. The first-order chi connectivity index (χ1) is 8.07. The quantitative estimate of drug-likeness (QED) is 0.849. The summed E-state index contributed by atoms with van der Waals surface area (Å²) in [4.78, 5) is 1.50. The maximum absolute atomic E-state index is 3.75. The molecule has 0 spiro atoms. The number of hydrogen-bond donors (Lipinski definition) is 1. The van der Waals surface area contributed by atoms with Gasteiger partial charge in [-0.15, -0.1) is 11.3 Å². The van der Waals surface area contributed by atoms with Crippen molar-refractivity contribution in [2.24, 2.45) is 11.3 Å². The van der Waals surface area contributed by atoms with E-state index in [1.807, 2.05) is 11.3 Å². The van der Waals surface area contributed by atoms with Gasteiger partial charge in [-0.05, 0) is 48.5 Å². The molecule has 1 aliphatic rings. The third-order valence-electron chi connectivity index (χ3n) is 4.05. The summed E-state index contributed by atoms with van der Waals surface area (Å²) in [6.45, 7) is 8.36. The summed E-state index contributed by atoms with van der Waals surface area (Å²) in [5.74, 6) is 0.821. The molecule has 1 fully saturated rings. The molecule has 96 valence electrons. The van der Waals surface area contributed by atoms with Gasteiger partial charge in [0.25, 0.3) is 0 Å². The fraction of sp³-hybridized carbons (Fsp3) is 0.733. The Bertz CT molecular complexity index is 329. The Balaban J connectivity index is 1.73. The summed E-state index contributed by atoms with van der Waals surface area (Å²) < 4.78 is 0. The number of rotatable bonds is 4. The second kappa shape index (κ2) is 5.53. The Kier molecular flexibility index (Phi) is 4.26. The fourth-order valence-electron chi connectivity index (χ4n) is 3.09. The molecular weight excluding hydrogens is 226 g/mol. The van der Waals surface area contributed by atoms with Crippen LogP contribution in [0, 0.1) is 11.3 Å². The van der Waals surface area contributed by atoms with E-state index in [1.54, 1.807) is 0 Å². The minimum Gasteiger partial charge on any atom is -0.313 e. The molecule has 2 rings (SSSR count). The van der Waals surface area contributed by atoms with E-state index < -0.39 is 0 Å². The summed E-state index contributed by atoms with van der Waals surface area (Å²) in [5.41, 5.74) is 0.561. The van der Waals surface area contributed by atoms with E-state index in [-0.39, 0.29) is 0 Å². The smallest absolute Gasteiger partial charge is 0.00932 e. The monoisotopic (exact) mass is 251 g/mol. The standard InChI is InChI=1S/C15H25NS/c1-12-11-15(2,3)8-6-14(12)16-9-7-13-5-4-10-17-13/h4-5,10,12,14,16H,6-9,11H2,1-3H3. The fourth-order valence-corrected chi connectivity index (χ4v) is 3.79. The summed E-state index contributed by atoms with van der Waals surface area (Å²) in [6, 6.07) is 5.12. The molecule has 1 heterocycles. The van der Waals surface area contributed by atoms with Gasteiger partial charge >= 0.3 is 0 Å². The van der Waals surface area contributed by atoms with Crippen LogP contribution in [-0.2, 0) is 6.42 Å². The number of nitrogens with one attached hydrogen (secondary N) is 1. The van der Waals surface area contributed by atoms with Crippen LogP contribution in [0.3, 0.4) is 0 Å². The van der Waals surface area contributed by atoms with Crippen molar-refractivity contribution in [1.29, 1.82) is 0 Å². The highest BCUT2D eigenvalue weighted by Crippen LogP contribution is 2.38. The Hall–Kier alpha value is -0.340. The Labute approximate surface area is 110 Å². The largest absolute Gasteiger partial charge is 0.313 e. The normalized spacial score (nSPS) is 28.2. The maximum atomic E-state index is 3.75. The van der Waals surface area contributed by atoms with Gasteiger partial charge in [0.1, 0.15) is 0 Å². The highest BCUT2D eigenvalue weighted by atomic mass is 32.1. The molecule has 0 aromatic carbocycles. The van der Waals surface area contributed by atoms with Gasteiger partial charge in [-0.1, -0.05) is 26.8 Å². The second-order valence-electron chi connectivity index (χ2n) is 6.27. The lowest BCUT2D eigenvalue weighted by molar-refractivity contribution is 0.149. The van der Waals surface area contributed by atoms with Crippen molar-refractivity contribution in [3.63, 3.8) is 0 Å². The van der Waals surface area contributed by atoms with E-state index in [0.717, 1.165) is 18.5 Å². The van der Waals surface area contributed by atoms with E-state index >= 15 is 0 Å². The third-order valence-corrected chi connectivity index (χ3v) is 4.99. The SMILES string of the molecule is CC1CC(C)(C)CCC1NCCc1cccs1. The molecule has 0 radical (unpaired) electrons. The molecule has 17 heavy (non-hydrogen) atoms. The van der Waals surface area contributed by atoms with Gasteiger partial charge in [0, 0.05) is 17.5 Å². The lowest BCUT2D eigenvalue weighted by Gasteiger charge is -2.39. The van der Waals surface area contributed by atoms with Crippen molar-refractivity contribution < 1.29 is 0 Å². The molecule has 2 atom stereocenters. The predicted octanol–water partition coefficient (Wildman–Crippen LogP) is 4.10. The van der Waals surface area contributed by atoms with Gasteiger partial charge in [0.15, 0.2) is 0 Å². The van der Waals surface area contributed by atoms with Crippen LogP contribution < -0.4 is 5.32 Å². The summed E-state index contributed by atoms with van der Waals surface area (Å²) >= 11 is 1.87. The van der Waals surface area contributed by atoms with E-state index in [2.05, 4.69) is 43.6 Å². The zero-order chi connectivity index (χ0) is 12.3. The first-order valence-electron chi connectivity index (χ1n) is 6.83. The molecule has 0 saturated heterocycles. The van der Waals surface area contributed by atoms with Gasteiger partial charge in [-0.3, -0.25) is 0 Å². The van der Waals surface area contributed by atoms with E-state index in [9.17, 15) is 0 Å². The van der Waals surface area contributed by atoms with Crippen molar-refractivity contribution >= 4 is 11.3 Å². The van der Waals surface area contributed by atoms with E-state index in [0.29, 0.717) is 5.41 Å². The van der Waals surface area contributed by atoms with Crippen LogP contribution in [0.4, 0.5) is 0 Å². The Morgan fingerprint density at radius 2 is 2.29 bits per heavy atom. The van der Waals surface area contributed by atoms with Crippen LogP contribution in [0.5, 0.6) is 0 Å². The topological polar surface area (TPSA) is 12.0 Å². The molecule has 1 N–H and O–H groups in total. The molecule has 1 nitrogen and oxygen atoms in total. The molecule has 2 unspecified atom stereocenters. The number of thiophene rings is 1. The number of hydrogen-bond acceptors (Lipinski definition) is 2. The van der Waals surface area contributed by atoms with Crippen molar-refractivity contribution in [3.05, 3.63) is 22.4 Å². The van der Waals surface area contributed by atoms with Crippen LogP contribution in [0.25, 0.3) is 0 Å². The average molecular weight is 251 g/mol. The minimum absolute atomic E-state index is 0.561. The Morgan fingerprint density at radius 1 is 1.47 bits per heavy atom. The Morgan fingerprint density at radius 3 is 2.94 bits per heavy atom. The van der Waals surface area contributed by atoms with Gasteiger partial charge in [0.05, 0.1) is 0 Å². The van der Waals surface area contributed by atoms with Gasteiger partial charge in [-0.2, -0.15) is 0 Å². The summed E-state index contributed by atoms with van der Waals surface area (Å²) in [7, 11) is 0. The van der Waals surface area contributed by atoms with Crippen molar-refractivity contribution in [3.8, 4) is 0 Å². The van der Waals surface area contributed by atoms with Gasteiger partial charge < -0.3 is 5.32 Å². The van der Waals surface area contributed by atoms with E-state index in [1.165, 1.54) is 30.6 Å². The molecule has 1 aliphatic carbocycles. The van der Waals surface area contributed by atoms with Gasteiger partial charge in [0.2, 0.25) is 0 Å². The first kappa shape index (κ1) is 13.1. The zero-order valence-electron chi connectivity index (χ0n) is 11.3. The van der Waals surface area contributed by atoms with Crippen LogP contribution in [0.2, 0.25) is 0 Å². The lowest BCUT2D eigenvalue weighted by atomic mass is 9.70. The van der Waals surface area contributed by atoms with Crippen molar-refractivity contribution in [2.75, 3.05) is 6.54 Å². The van der Waals surface area contributed by atoms with Crippen LogP contribution in [0.1, 0.15) is 44.9 Å². The highest BCUT2D eigenvalue weighted by Gasteiger charge is 2.31. The molecule has 0 bridgehead atoms. The van der Waals surface area contributed by atoms with Crippen LogP contribution in [0.15, 0.2) is 17.5 Å². The highest BCUT2D eigenvalue weighted by molar-refractivity contribution is 7.09. The molecule has 0 aliphatic heterocycles. The van der Waals surface area contributed by atoms with Gasteiger partial charge in [-0.25, -0.2) is 0 Å². The second-order valence-corrected chi connectivity index (χ2v) is 7.31. The molecule has 0 amide bonds. The first-order valence-corrected chi connectivity index (χ1v) is 7.70. The minimum atomic E-state index is 0.561. The van der Waals surface area contributed by atoms with Crippen LogP contribution in [-0.4, -0.2) is 12.6 Å². The predicted molar refractivity (Wildman–Crippen MR) is 76.6 cm³/mol. The third kappa shape index (κ3) is 3.82. The molecule has 1 aromatic heterocycles. The zero-order valence-corrected chi connectivity index (χ0v) is 12.1.